The molecule has 0 saturated carbocycles. The molecule has 2 N–H and O–H groups in total. The van der Waals surface area contributed by atoms with Crippen LogP contribution in [0.2, 0.25) is 0 Å². The maximum atomic E-state index is 12.7. The maximum absolute atomic E-state index is 12.7. The van der Waals surface area contributed by atoms with E-state index >= 15 is 0 Å². The molecule has 1 unspecified atom stereocenters. The van der Waals surface area contributed by atoms with Crippen LogP contribution in [-0.2, 0) is 11.2 Å². The van der Waals surface area contributed by atoms with E-state index < -0.39 is 24.3 Å². The highest BCUT2D eigenvalue weighted by Crippen LogP contribution is 2.27. The van der Waals surface area contributed by atoms with Gasteiger partial charge in [0.15, 0.2) is 0 Å². The van der Waals surface area contributed by atoms with Gasteiger partial charge in [-0.25, -0.2) is 4.79 Å². The fourth-order valence-electron chi connectivity index (χ4n) is 3.80. The van der Waals surface area contributed by atoms with E-state index in [1.54, 1.807) is 12.1 Å². The minimum absolute atomic E-state index is 0.112. The van der Waals surface area contributed by atoms with E-state index in [-0.39, 0.29) is 17.7 Å². The lowest BCUT2D eigenvalue weighted by molar-refractivity contribution is -0.274. The summed E-state index contributed by atoms with van der Waals surface area (Å²) in [7, 11) is 0. The number of ether oxygens (including phenoxy) is 1. The number of carboxylic acid groups (broad SMARTS) is 1. The molecule has 0 aliphatic rings. The van der Waals surface area contributed by atoms with E-state index in [1.165, 1.54) is 36.4 Å². The predicted molar refractivity (Wildman–Crippen MR) is 133 cm³/mol. The lowest BCUT2D eigenvalue weighted by Crippen LogP contribution is -2.42. The summed E-state index contributed by atoms with van der Waals surface area (Å²) >= 11 is 0. The van der Waals surface area contributed by atoms with Crippen LogP contribution >= 0.6 is 0 Å². The van der Waals surface area contributed by atoms with Gasteiger partial charge in [0.05, 0.1) is 0 Å². The van der Waals surface area contributed by atoms with E-state index in [4.69, 9.17) is 0 Å². The molecule has 0 saturated heterocycles. The summed E-state index contributed by atoms with van der Waals surface area (Å²) in [6, 6.07) is 27.8. The number of nitrogens with one attached hydrogen (secondary N) is 1. The Morgan fingerprint density at radius 2 is 1.22 bits per heavy atom. The minimum Gasteiger partial charge on any atom is -0.480 e. The van der Waals surface area contributed by atoms with Crippen molar-refractivity contribution < 1.29 is 32.6 Å². The van der Waals surface area contributed by atoms with Crippen molar-refractivity contribution in [2.45, 2.75) is 18.8 Å². The zero-order valence-corrected chi connectivity index (χ0v) is 19.4. The Bertz CT molecular complexity index is 1350. The Labute approximate surface area is 211 Å². The second kappa shape index (κ2) is 11.0. The third-order valence-corrected chi connectivity index (χ3v) is 5.67. The van der Waals surface area contributed by atoms with Gasteiger partial charge in [0.2, 0.25) is 0 Å². The van der Waals surface area contributed by atoms with Crippen LogP contribution in [-0.4, -0.2) is 29.4 Å². The number of amides is 1. The second-order valence-electron chi connectivity index (χ2n) is 8.28. The molecule has 1 atom stereocenters. The lowest BCUT2D eigenvalue weighted by Gasteiger charge is -2.15. The molecule has 4 rings (SSSR count). The standard InChI is InChI=1S/C29H22F3NO4/c30-29(31,32)37-25-16-14-23(15-17-25)22-10-12-24(13-11-22)27(34)33-26(28(35)36)18-19-6-8-21(9-7-19)20-4-2-1-3-5-20/h1-17,26H,18H2,(H,33,34)(H,35,36). The van der Waals surface area contributed by atoms with Gasteiger partial charge in [-0.2, -0.15) is 0 Å². The third-order valence-electron chi connectivity index (χ3n) is 5.67. The van der Waals surface area contributed by atoms with Crippen LogP contribution in [0.3, 0.4) is 0 Å². The summed E-state index contributed by atoms with van der Waals surface area (Å²) in [5, 5.41) is 12.2. The maximum Gasteiger partial charge on any atom is 0.573 e. The fraction of sp³-hybridized carbons (Fsp3) is 0.103. The van der Waals surface area contributed by atoms with Crippen molar-refractivity contribution in [3.63, 3.8) is 0 Å². The second-order valence-corrected chi connectivity index (χ2v) is 8.28. The van der Waals surface area contributed by atoms with Crippen LogP contribution in [0.25, 0.3) is 22.3 Å². The molecule has 0 heterocycles. The smallest absolute Gasteiger partial charge is 0.480 e. The molecule has 1 amide bonds. The van der Waals surface area contributed by atoms with E-state index in [0.717, 1.165) is 16.7 Å². The molecule has 8 heteroatoms. The van der Waals surface area contributed by atoms with Crippen LogP contribution in [0.1, 0.15) is 15.9 Å². The number of carbonyl (C=O) groups excluding carboxylic acids is 1. The van der Waals surface area contributed by atoms with Crippen molar-refractivity contribution in [3.05, 3.63) is 114 Å². The summed E-state index contributed by atoms with van der Waals surface area (Å²) in [6.45, 7) is 0. The first kappa shape index (κ1) is 25.5. The molecule has 0 aliphatic carbocycles. The summed E-state index contributed by atoms with van der Waals surface area (Å²) in [6.07, 6.45) is -4.66. The Morgan fingerprint density at radius 3 is 1.73 bits per heavy atom. The monoisotopic (exact) mass is 505 g/mol. The van der Waals surface area contributed by atoms with Gasteiger partial charge in [0, 0.05) is 12.0 Å². The zero-order valence-electron chi connectivity index (χ0n) is 19.4. The molecule has 0 radical (unpaired) electrons. The fourth-order valence-corrected chi connectivity index (χ4v) is 3.80. The van der Waals surface area contributed by atoms with Crippen molar-refractivity contribution in [2.75, 3.05) is 0 Å². The zero-order chi connectivity index (χ0) is 26.4. The molecule has 0 spiro atoms. The minimum atomic E-state index is -4.77. The van der Waals surface area contributed by atoms with E-state index in [9.17, 15) is 27.9 Å². The molecule has 0 bridgehead atoms. The normalized spacial score (nSPS) is 12.0. The molecule has 4 aromatic carbocycles. The average molecular weight is 505 g/mol. The molecule has 0 aromatic heterocycles. The third kappa shape index (κ3) is 6.98. The van der Waals surface area contributed by atoms with Crippen LogP contribution in [0, 0.1) is 0 Å². The van der Waals surface area contributed by atoms with Crippen molar-refractivity contribution in [3.8, 4) is 28.0 Å². The number of hydrogen-bond acceptors (Lipinski definition) is 3. The lowest BCUT2D eigenvalue weighted by atomic mass is 10.00. The molecule has 4 aromatic rings. The summed E-state index contributed by atoms with van der Waals surface area (Å²) in [5.74, 6) is -2.03. The Balaban J connectivity index is 1.40. The Morgan fingerprint density at radius 1 is 0.730 bits per heavy atom. The van der Waals surface area contributed by atoms with Crippen molar-refractivity contribution >= 4 is 11.9 Å². The Hall–Kier alpha value is -4.59. The SMILES string of the molecule is O=C(NC(Cc1ccc(-c2ccccc2)cc1)C(=O)O)c1ccc(-c2ccc(OC(F)(F)F)cc2)cc1. The highest BCUT2D eigenvalue weighted by molar-refractivity contribution is 5.97. The van der Waals surface area contributed by atoms with Gasteiger partial charge in [-0.3, -0.25) is 4.79 Å². The van der Waals surface area contributed by atoms with E-state index in [0.29, 0.717) is 11.1 Å². The van der Waals surface area contributed by atoms with Crippen molar-refractivity contribution in [1.82, 2.24) is 5.32 Å². The number of aliphatic carboxylic acids is 1. The van der Waals surface area contributed by atoms with Crippen molar-refractivity contribution in [2.24, 2.45) is 0 Å². The first-order valence-electron chi connectivity index (χ1n) is 11.3. The number of benzene rings is 4. The first-order valence-corrected chi connectivity index (χ1v) is 11.3. The van der Waals surface area contributed by atoms with Gasteiger partial charge in [-0.1, -0.05) is 78.9 Å². The summed E-state index contributed by atoms with van der Waals surface area (Å²) < 4.78 is 40.9. The van der Waals surface area contributed by atoms with Crippen LogP contribution in [0.4, 0.5) is 13.2 Å². The van der Waals surface area contributed by atoms with Gasteiger partial charge in [-0.05, 0) is 52.1 Å². The molecule has 37 heavy (non-hydrogen) atoms. The van der Waals surface area contributed by atoms with Gasteiger partial charge in [0.25, 0.3) is 5.91 Å². The summed E-state index contributed by atoms with van der Waals surface area (Å²) in [5.41, 5.74) is 4.37. The number of carboxylic acids is 1. The molecule has 0 fully saturated rings. The Kier molecular flexibility index (Phi) is 7.57. The van der Waals surface area contributed by atoms with Crippen LogP contribution in [0.15, 0.2) is 103 Å². The number of carbonyl (C=O) groups is 2. The molecule has 5 nitrogen and oxygen atoms in total. The molecular formula is C29H22F3NO4. The predicted octanol–water partition coefficient (Wildman–Crippen LogP) is 6.34. The van der Waals surface area contributed by atoms with Crippen molar-refractivity contribution in [1.29, 1.82) is 0 Å². The van der Waals surface area contributed by atoms with Gasteiger partial charge >= 0.3 is 12.3 Å². The topological polar surface area (TPSA) is 75.6 Å². The number of hydrogen-bond donors (Lipinski definition) is 2. The summed E-state index contributed by atoms with van der Waals surface area (Å²) in [4.78, 5) is 24.5. The quantitative estimate of drug-likeness (QED) is 0.293. The molecule has 188 valence electrons. The number of alkyl halides is 3. The molecule has 0 aliphatic heterocycles. The van der Waals surface area contributed by atoms with Crippen LogP contribution < -0.4 is 10.1 Å². The first-order chi connectivity index (χ1) is 17.7. The molecular weight excluding hydrogens is 483 g/mol. The largest absolute Gasteiger partial charge is 0.573 e. The van der Waals surface area contributed by atoms with E-state index in [2.05, 4.69) is 10.1 Å². The van der Waals surface area contributed by atoms with Gasteiger partial charge in [-0.15, -0.1) is 13.2 Å². The highest BCUT2D eigenvalue weighted by atomic mass is 19.4. The van der Waals surface area contributed by atoms with Gasteiger partial charge < -0.3 is 15.2 Å². The van der Waals surface area contributed by atoms with Gasteiger partial charge in [0.1, 0.15) is 11.8 Å². The van der Waals surface area contributed by atoms with Crippen LogP contribution in [0.5, 0.6) is 5.75 Å². The average Bonchev–Trinajstić information content (AvgIpc) is 2.89. The number of halogens is 3. The highest BCUT2D eigenvalue weighted by Gasteiger charge is 2.31. The number of rotatable bonds is 8. The van der Waals surface area contributed by atoms with E-state index in [1.807, 2.05) is 54.6 Å².